The van der Waals surface area contributed by atoms with E-state index < -0.39 is 54.5 Å². The van der Waals surface area contributed by atoms with E-state index in [1.54, 1.807) is 27.7 Å². The molecule has 0 saturated heterocycles. The van der Waals surface area contributed by atoms with Gasteiger partial charge in [-0.2, -0.15) is 0 Å². The van der Waals surface area contributed by atoms with Crippen molar-refractivity contribution < 1.29 is 52.7 Å². The van der Waals surface area contributed by atoms with Crippen LogP contribution in [0.15, 0.2) is 18.2 Å². The maximum atomic E-state index is 12.5. The summed E-state index contributed by atoms with van der Waals surface area (Å²) in [6.45, 7) is 14.5. The van der Waals surface area contributed by atoms with Gasteiger partial charge < -0.3 is 39.3 Å². The minimum Gasteiger partial charge on any atom is -0.480 e. The van der Waals surface area contributed by atoms with Gasteiger partial charge in [-0.1, -0.05) is 53.5 Å². The summed E-state index contributed by atoms with van der Waals surface area (Å²) in [5.74, 6) is -3.04. The van der Waals surface area contributed by atoms with Gasteiger partial charge in [0.1, 0.15) is 12.1 Å². The third kappa shape index (κ3) is 12.2. The molecule has 3 N–H and O–H groups in total. The van der Waals surface area contributed by atoms with Crippen LogP contribution in [0.25, 0.3) is 0 Å². The molecule has 0 aromatic heterocycles. The standard InChI is InChI=1S/C29H45NO11/c1-9-17(5)14-36-27(33)40-22-12-11-21(13-23(22)41-28(34)37-15-18(6)10-2)24(25(30)26(31)32)19(7)20(8)39-29(35)38-16(3)4/h11-13,16-20,24-25H,9-10,14-15,30H2,1-8H3,(H,31,32)/t17?,18?,19?,20?,24?,25-/m0/s1. The van der Waals surface area contributed by atoms with E-state index in [2.05, 4.69) is 0 Å². The topological polar surface area (TPSA) is 170 Å². The molecule has 232 valence electrons. The first kappa shape index (κ1) is 35.5. The number of hydrogen-bond acceptors (Lipinski definition) is 11. The van der Waals surface area contributed by atoms with E-state index in [1.165, 1.54) is 18.2 Å². The zero-order valence-electron chi connectivity index (χ0n) is 25.2. The molecule has 0 fully saturated rings. The van der Waals surface area contributed by atoms with Crippen LogP contribution in [0.5, 0.6) is 11.5 Å². The summed E-state index contributed by atoms with van der Waals surface area (Å²) in [6, 6.07) is 2.72. The highest BCUT2D eigenvalue weighted by atomic mass is 16.7. The van der Waals surface area contributed by atoms with Crippen molar-refractivity contribution in [1.29, 1.82) is 0 Å². The maximum absolute atomic E-state index is 12.5. The van der Waals surface area contributed by atoms with Crippen molar-refractivity contribution >= 4 is 24.4 Å². The van der Waals surface area contributed by atoms with Crippen LogP contribution in [0.3, 0.4) is 0 Å². The Morgan fingerprint density at radius 2 is 1.29 bits per heavy atom. The van der Waals surface area contributed by atoms with Gasteiger partial charge in [0.05, 0.1) is 19.3 Å². The molecule has 5 unspecified atom stereocenters. The van der Waals surface area contributed by atoms with E-state index in [1.807, 2.05) is 27.7 Å². The first-order valence-electron chi connectivity index (χ1n) is 13.9. The molecule has 12 nitrogen and oxygen atoms in total. The number of benzene rings is 1. The van der Waals surface area contributed by atoms with Crippen molar-refractivity contribution in [3.63, 3.8) is 0 Å². The highest BCUT2D eigenvalue weighted by molar-refractivity contribution is 5.75. The Balaban J connectivity index is 3.39. The van der Waals surface area contributed by atoms with Crippen LogP contribution in [-0.4, -0.2) is 61.0 Å². The quantitative estimate of drug-likeness (QED) is 0.143. The van der Waals surface area contributed by atoms with Crippen LogP contribution >= 0.6 is 0 Å². The molecule has 0 spiro atoms. The highest BCUT2D eigenvalue weighted by Gasteiger charge is 2.36. The smallest absolute Gasteiger partial charge is 0.480 e. The molecule has 0 aliphatic rings. The molecule has 0 aliphatic carbocycles. The van der Waals surface area contributed by atoms with E-state index in [0.717, 1.165) is 12.8 Å². The maximum Gasteiger partial charge on any atom is 0.513 e. The molecular formula is C29H45NO11. The largest absolute Gasteiger partial charge is 0.513 e. The predicted octanol–water partition coefficient (Wildman–Crippen LogP) is 5.89. The Morgan fingerprint density at radius 1 is 0.780 bits per heavy atom. The normalized spacial score (nSPS) is 15.5. The number of ether oxygens (including phenoxy) is 6. The molecule has 1 aromatic rings. The molecule has 41 heavy (non-hydrogen) atoms. The fourth-order valence-corrected chi connectivity index (χ4v) is 3.55. The number of carbonyl (C=O) groups is 4. The molecule has 0 heterocycles. The number of carboxylic acid groups (broad SMARTS) is 1. The molecule has 0 radical (unpaired) electrons. The zero-order valence-corrected chi connectivity index (χ0v) is 25.2. The van der Waals surface area contributed by atoms with E-state index in [-0.39, 0.29) is 36.5 Å². The van der Waals surface area contributed by atoms with Crippen LogP contribution in [0, 0.1) is 17.8 Å². The summed E-state index contributed by atoms with van der Waals surface area (Å²) in [6.07, 6.45) is -2.61. The van der Waals surface area contributed by atoms with Crippen LogP contribution in [-0.2, 0) is 23.7 Å². The lowest BCUT2D eigenvalue weighted by Gasteiger charge is -2.31. The van der Waals surface area contributed by atoms with Gasteiger partial charge in [0, 0.05) is 11.8 Å². The zero-order chi connectivity index (χ0) is 31.3. The third-order valence-corrected chi connectivity index (χ3v) is 6.70. The molecule has 0 aliphatic heterocycles. The number of carboxylic acids is 1. The van der Waals surface area contributed by atoms with Crippen molar-refractivity contribution in [1.82, 2.24) is 0 Å². The minimum absolute atomic E-state index is 0.0859. The highest BCUT2D eigenvalue weighted by Crippen LogP contribution is 2.37. The van der Waals surface area contributed by atoms with Crippen LogP contribution < -0.4 is 15.2 Å². The summed E-state index contributed by atoms with van der Waals surface area (Å²) in [4.78, 5) is 48.9. The van der Waals surface area contributed by atoms with Crippen molar-refractivity contribution in [2.24, 2.45) is 23.5 Å². The summed E-state index contributed by atoms with van der Waals surface area (Å²) in [5.41, 5.74) is 6.41. The van der Waals surface area contributed by atoms with Crippen molar-refractivity contribution in [2.45, 2.75) is 92.4 Å². The lowest BCUT2D eigenvalue weighted by Crippen LogP contribution is -2.42. The number of carbonyl (C=O) groups excluding carboxylic acids is 3. The second kappa shape index (κ2) is 17.3. The minimum atomic E-state index is -1.44. The Bertz CT molecular complexity index is 1010. The van der Waals surface area contributed by atoms with Gasteiger partial charge >= 0.3 is 24.4 Å². The average molecular weight is 584 g/mol. The second-order valence-electron chi connectivity index (χ2n) is 10.5. The number of hydrogen-bond donors (Lipinski definition) is 2. The lowest BCUT2D eigenvalue weighted by molar-refractivity contribution is -0.139. The van der Waals surface area contributed by atoms with E-state index in [0.29, 0.717) is 5.56 Å². The molecule has 1 rings (SSSR count). The SMILES string of the molecule is CCC(C)COC(=O)Oc1ccc(C(C(C)C(C)OC(=O)OC(C)C)[C@H](N)C(=O)O)cc1OC(=O)OCC(C)CC. The Kier molecular flexibility index (Phi) is 15.0. The van der Waals surface area contributed by atoms with Gasteiger partial charge in [0.25, 0.3) is 0 Å². The van der Waals surface area contributed by atoms with Gasteiger partial charge in [0.2, 0.25) is 0 Å². The van der Waals surface area contributed by atoms with Crippen LogP contribution in [0.1, 0.15) is 79.7 Å². The Hall–Kier alpha value is -3.54. The molecule has 12 heteroatoms. The van der Waals surface area contributed by atoms with Crippen molar-refractivity contribution in [3.05, 3.63) is 23.8 Å². The molecular weight excluding hydrogens is 538 g/mol. The third-order valence-electron chi connectivity index (χ3n) is 6.70. The molecule has 1 aromatic carbocycles. The van der Waals surface area contributed by atoms with E-state index >= 15 is 0 Å². The van der Waals surface area contributed by atoms with E-state index in [9.17, 15) is 24.3 Å². The summed E-state index contributed by atoms with van der Waals surface area (Å²) in [5, 5.41) is 9.75. The second-order valence-corrected chi connectivity index (χ2v) is 10.5. The van der Waals surface area contributed by atoms with E-state index in [4.69, 9.17) is 34.2 Å². The molecule has 0 bridgehead atoms. The summed E-state index contributed by atoms with van der Waals surface area (Å²) in [7, 11) is 0. The average Bonchev–Trinajstić information content (AvgIpc) is 2.90. The summed E-state index contributed by atoms with van der Waals surface area (Å²) < 4.78 is 31.4. The first-order chi connectivity index (χ1) is 19.2. The van der Waals surface area contributed by atoms with Gasteiger partial charge in [-0.3, -0.25) is 4.79 Å². The Morgan fingerprint density at radius 3 is 1.76 bits per heavy atom. The molecule has 0 saturated carbocycles. The molecule has 0 amide bonds. The van der Waals surface area contributed by atoms with Gasteiger partial charge in [-0.05, 0) is 50.3 Å². The predicted molar refractivity (Wildman–Crippen MR) is 149 cm³/mol. The van der Waals surface area contributed by atoms with Crippen molar-refractivity contribution in [3.8, 4) is 11.5 Å². The monoisotopic (exact) mass is 583 g/mol. The van der Waals surface area contributed by atoms with Crippen molar-refractivity contribution in [2.75, 3.05) is 13.2 Å². The Labute approximate surface area is 241 Å². The lowest BCUT2D eigenvalue weighted by atomic mass is 9.79. The van der Waals surface area contributed by atoms with Gasteiger partial charge in [-0.15, -0.1) is 0 Å². The van der Waals surface area contributed by atoms with Gasteiger partial charge in [0.15, 0.2) is 11.5 Å². The van der Waals surface area contributed by atoms with Crippen LogP contribution in [0.2, 0.25) is 0 Å². The number of nitrogens with two attached hydrogens (primary N) is 1. The fourth-order valence-electron chi connectivity index (χ4n) is 3.55. The molecule has 6 atom stereocenters. The van der Waals surface area contributed by atoms with Crippen LogP contribution in [0.4, 0.5) is 14.4 Å². The first-order valence-corrected chi connectivity index (χ1v) is 13.9. The van der Waals surface area contributed by atoms with Gasteiger partial charge in [-0.25, -0.2) is 14.4 Å². The summed E-state index contributed by atoms with van der Waals surface area (Å²) >= 11 is 0. The number of aliphatic carboxylic acids is 1. The fraction of sp³-hybridized carbons (Fsp3) is 0.655. The number of rotatable bonds is 15.